The van der Waals surface area contributed by atoms with Crippen LogP contribution in [0.5, 0.6) is 5.75 Å². The molecule has 16 heavy (non-hydrogen) atoms. The maximum absolute atomic E-state index is 11.5. The van der Waals surface area contributed by atoms with Crippen LogP contribution in [0, 0.1) is 0 Å². The van der Waals surface area contributed by atoms with Crippen molar-refractivity contribution in [3.05, 3.63) is 29.8 Å². The minimum Gasteiger partial charge on any atom is -0.410 e. The van der Waals surface area contributed by atoms with Crippen LogP contribution in [-0.2, 0) is 0 Å². The normalized spacial score (nSPS) is 14.1. The molecule has 0 atom stereocenters. The molecule has 0 radical (unpaired) electrons. The molecule has 2 N–H and O–H groups in total. The topological polar surface area (TPSA) is 72.6 Å². The third kappa shape index (κ3) is 2.13. The van der Waals surface area contributed by atoms with Gasteiger partial charge in [-0.1, -0.05) is 6.07 Å². The van der Waals surface area contributed by atoms with Crippen LogP contribution in [0.1, 0.15) is 16.8 Å². The molecule has 2 rings (SSSR count). The van der Waals surface area contributed by atoms with Gasteiger partial charge in [0.25, 0.3) is 0 Å². The molecule has 0 spiro atoms. The Morgan fingerprint density at radius 2 is 2.06 bits per heavy atom. The second kappa shape index (κ2) is 4.22. The molecule has 5 nitrogen and oxygen atoms in total. The summed E-state index contributed by atoms with van der Waals surface area (Å²) in [5.41, 5.74) is 5.45. The lowest BCUT2D eigenvalue weighted by molar-refractivity contribution is 0.0998. The molecule has 1 aromatic carbocycles. The van der Waals surface area contributed by atoms with Crippen LogP contribution in [0.2, 0.25) is 0 Å². The van der Waals surface area contributed by atoms with Crippen LogP contribution in [0.15, 0.2) is 24.3 Å². The van der Waals surface area contributed by atoms with E-state index in [1.807, 2.05) is 0 Å². The first-order valence-electron chi connectivity index (χ1n) is 5.03. The Morgan fingerprint density at radius 3 is 2.62 bits per heavy atom. The predicted octanol–water partition coefficient (Wildman–Crippen LogP) is 0.990. The van der Waals surface area contributed by atoms with Gasteiger partial charge in [-0.3, -0.25) is 4.79 Å². The summed E-state index contributed by atoms with van der Waals surface area (Å²) in [5.74, 6) is -0.199. The highest BCUT2D eigenvalue weighted by Crippen LogP contribution is 2.16. The molecule has 0 unspecified atom stereocenters. The molecule has 0 saturated carbocycles. The van der Waals surface area contributed by atoms with Gasteiger partial charge in [-0.2, -0.15) is 0 Å². The number of benzene rings is 1. The zero-order chi connectivity index (χ0) is 11.5. The Bertz CT molecular complexity index is 427. The van der Waals surface area contributed by atoms with E-state index in [-0.39, 0.29) is 6.09 Å². The molecular formula is C11H12N2O3. The molecule has 1 aliphatic heterocycles. The van der Waals surface area contributed by atoms with Crippen molar-refractivity contribution >= 4 is 12.0 Å². The Kier molecular flexibility index (Phi) is 2.76. The van der Waals surface area contributed by atoms with E-state index in [2.05, 4.69) is 0 Å². The third-order valence-electron chi connectivity index (χ3n) is 2.44. The lowest BCUT2D eigenvalue weighted by Crippen LogP contribution is -2.43. The van der Waals surface area contributed by atoms with Crippen LogP contribution in [0.25, 0.3) is 0 Å². The van der Waals surface area contributed by atoms with E-state index < -0.39 is 5.91 Å². The molecule has 84 valence electrons. The third-order valence-corrected chi connectivity index (χ3v) is 2.44. The summed E-state index contributed by atoms with van der Waals surface area (Å²) in [5, 5.41) is 0. The number of likely N-dealkylation sites (tertiary alicyclic amines) is 1. The van der Waals surface area contributed by atoms with Crippen molar-refractivity contribution < 1.29 is 14.3 Å². The summed E-state index contributed by atoms with van der Waals surface area (Å²) in [6.07, 6.45) is 0.629. The standard InChI is InChI=1S/C11H12N2O3/c12-10(14)8-3-1-4-9(7-8)16-11(15)13-5-2-6-13/h1,3-4,7H,2,5-6H2,(H2,12,14). The summed E-state index contributed by atoms with van der Waals surface area (Å²) in [6.45, 7) is 1.46. The van der Waals surface area contributed by atoms with Crippen LogP contribution in [0.4, 0.5) is 4.79 Å². The van der Waals surface area contributed by atoms with Crippen molar-refractivity contribution in [1.29, 1.82) is 0 Å². The molecule has 0 bridgehead atoms. The molecule has 1 aromatic rings. The highest BCUT2D eigenvalue weighted by Gasteiger charge is 2.22. The van der Waals surface area contributed by atoms with Crippen molar-refractivity contribution in [3.8, 4) is 5.75 Å². The Labute approximate surface area is 92.8 Å². The van der Waals surface area contributed by atoms with Crippen molar-refractivity contribution in [2.45, 2.75) is 6.42 Å². The van der Waals surface area contributed by atoms with Gasteiger partial charge in [-0.15, -0.1) is 0 Å². The molecular weight excluding hydrogens is 208 g/mol. The predicted molar refractivity (Wildman–Crippen MR) is 57.2 cm³/mol. The Morgan fingerprint density at radius 1 is 1.31 bits per heavy atom. The number of primary amides is 1. The number of nitrogens with two attached hydrogens (primary N) is 1. The lowest BCUT2D eigenvalue weighted by atomic mass is 10.2. The summed E-state index contributed by atoms with van der Waals surface area (Å²) < 4.78 is 5.09. The number of nitrogens with zero attached hydrogens (tertiary/aromatic N) is 1. The van der Waals surface area contributed by atoms with Gasteiger partial charge in [0.15, 0.2) is 0 Å². The number of carbonyl (C=O) groups is 2. The fraction of sp³-hybridized carbons (Fsp3) is 0.273. The van der Waals surface area contributed by atoms with E-state index in [1.54, 1.807) is 23.1 Å². The van der Waals surface area contributed by atoms with Crippen LogP contribution < -0.4 is 10.5 Å². The van der Waals surface area contributed by atoms with Gasteiger partial charge in [0.1, 0.15) is 5.75 Å². The van der Waals surface area contributed by atoms with Crippen LogP contribution >= 0.6 is 0 Å². The fourth-order valence-electron chi connectivity index (χ4n) is 1.38. The van der Waals surface area contributed by atoms with E-state index in [1.165, 1.54) is 6.07 Å². The van der Waals surface area contributed by atoms with Gasteiger partial charge < -0.3 is 15.4 Å². The first kappa shape index (κ1) is 10.5. The molecule has 1 saturated heterocycles. The van der Waals surface area contributed by atoms with Crippen molar-refractivity contribution in [3.63, 3.8) is 0 Å². The average Bonchev–Trinajstić information content (AvgIpc) is 2.15. The average molecular weight is 220 g/mol. The summed E-state index contributed by atoms with van der Waals surface area (Å²) in [7, 11) is 0. The second-order valence-corrected chi connectivity index (χ2v) is 3.60. The Balaban J connectivity index is 2.05. The van der Waals surface area contributed by atoms with E-state index in [0.717, 1.165) is 19.5 Å². The maximum atomic E-state index is 11.5. The Hall–Kier alpha value is -2.04. The quantitative estimate of drug-likeness (QED) is 0.807. The summed E-state index contributed by atoms with van der Waals surface area (Å²) in [4.78, 5) is 24.0. The van der Waals surface area contributed by atoms with Gasteiger partial charge in [0, 0.05) is 18.7 Å². The number of ether oxygens (including phenoxy) is 1. The number of hydrogen-bond donors (Lipinski definition) is 1. The number of rotatable bonds is 2. The van der Waals surface area contributed by atoms with Gasteiger partial charge >= 0.3 is 6.09 Å². The van der Waals surface area contributed by atoms with Gasteiger partial charge in [-0.05, 0) is 24.6 Å². The highest BCUT2D eigenvalue weighted by atomic mass is 16.6. The summed E-state index contributed by atoms with van der Waals surface area (Å²) >= 11 is 0. The zero-order valence-electron chi connectivity index (χ0n) is 8.68. The zero-order valence-corrected chi connectivity index (χ0v) is 8.68. The molecule has 1 aliphatic rings. The fourth-order valence-corrected chi connectivity index (χ4v) is 1.38. The van der Waals surface area contributed by atoms with Gasteiger partial charge in [0.05, 0.1) is 0 Å². The number of carbonyl (C=O) groups excluding carboxylic acids is 2. The second-order valence-electron chi connectivity index (χ2n) is 3.60. The molecule has 1 fully saturated rings. The van der Waals surface area contributed by atoms with E-state index in [0.29, 0.717) is 11.3 Å². The summed E-state index contributed by atoms with van der Waals surface area (Å²) in [6, 6.07) is 6.27. The molecule has 5 heteroatoms. The van der Waals surface area contributed by atoms with Gasteiger partial charge in [-0.25, -0.2) is 4.79 Å². The van der Waals surface area contributed by atoms with Crippen molar-refractivity contribution in [1.82, 2.24) is 4.90 Å². The highest BCUT2D eigenvalue weighted by molar-refractivity contribution is 5.93. The molecule has 0 aliphatic carbocycles. The van der Waals surface area contributed by atoms with Crippen LogP contribution in [0.3, 0.4) is 0 Å². The van der Waals surface area contributed by atoms with Crippen molar-refractivity contribution in [2.24, 2.45) is 5.73 Å². The molecule has 2 amide bonds. The van der Waals surface area contributed by atoms with Crippen molar-refractivity contribution in [2.75, 3.05) is 13.1 Å². The van der Waals surface area contributed by atoms with E-state index in [4.69, 9.17) is 10.5 Å². The first-order chi connectivity index (χ1) is 7.66. The first-order valence-corrected chi connectivity index (χ1v) is 5.03. The monoisotopic (exact) mass is 220 g/mol. The lowest BCUT2D eigenvalue weighted by Gasteiger charge is -2.29. The van der Waals surface area contributed by atoms with Crippen LogP contribution in [-0.4, -0.2) is 30.0 Å². The minimum atomic E-state index is -0.540. The maximum Gasteiger partial charge on any atom is 0.415 e. The minimum absolute atomic E-state index is 0.328. The SMILES string of the molecule is NC(=O)c1cccc(OC(=O)N2CCC2)c1. The van der Waals surface area contributed by atoms with Gasteiger partial charge in [0.2, 0.25) is 5.91 Å². The number of amides is 2. The van der Waals surface area contributed by atoms with E-state index in [9.17, 15) is 9.59 Å². The van der Waals surface area contributed by atoms with E-state index >= 15 is 0 Å². The largest absolute Gasteiger partial charge is 0.415 e. The number of hydrogen-bond acceptors (Lipinski definition) is 3. The molecule has 1 heterocycles. The smallest absolute Gasteiger partial charge is 0.410 e. The molecule has 0 aromatic heterocycles.